The van der Waals surface area contributed by atoms with Crippen molar-refractivity contribution in [1.29, 1.82) is 0 Å². The third kappa shape index (κ3) is 1.52. The van der Waals surface area contributed by atoms with E-state index >= 15 is 0 Å². The maximum atomic E-state index is 2.44. The Labute approximate surface area is 108 Å². The minimum atomic E-state index is 0.816. The molecule has 89 valence electrons. The van der Waals surface area contributed by atoms with Crippen molar-refractivity contribution in [2.45, 2.75) is 25.7 Å². The SMILES string of the molecule is [CH]1C(C2CCCC2)=Cc2c1ccc1ccccc21. The van der Waals surface area contributed by atoms with Crippen molar-refractivity contribution in [1.82, 2.24) is 0 Å². The summed E-state index contributed by atoms with van der Waals surface area (Å²) in [7, 11) is 0. The first-order valence-corrected chi connectivity index (χ1v) is 7.00. The van der Waals surface area contributed by atoms with Crippen molar-refractivity contribution in [3.05, 3.63) is 59.5 Å². The minimum Gasteiger partial charge on any atom is -0.0616 e. The third-order valence-electron chi connectivity index (χ3n) is 4.46. The molecule has 0 saturated heterocycles. The fourth-order valence-electron chi connectivity index (χ4n) is 3.48. The van der Waals surface area contributed by atoms with Gasteiger partial charge in [-0.15, -0.1) is 0 Å². The van der Waals surface area contributed by atoms with Crippen LogP contribution in [0.25, 0.3) is 16.8 Å². The highest BCUT2D eigenvalue weighted by molar-refractivity contribution is 5.95. The van der Waals surface area contributed by atoms with E-state index in [2.05, 4.69) is 48.9 Å². The molecule has 2 aliphatic rings. The predicted octanol–water partition coefficient (Wildman–Crippen LogP) is 4.98. The van der Waals surface area contributed by atoms with Gasteiger partial charge in [0.05, 0.1) is 0 Å². The second kappa shape index (κ2) is 3.98. The summed E-state index contributed by atoms with van der Waals surface area (Å²) in [5.74, 6) is 0.816. The van der Waals surface area contributed by atoms with Crippen LogP contribution in [0.2, 0.25) is 0 Å². The third-order valence-corrected chi connectivity index (χ3v) is 4.46. The molecule has 4 rings (SSSR count). The van der Waals surface area contributed by atoms with Gasteiger partial charge in [0.15, 0.2) is 0 Å². The van der Waals surface area contributed by atoms with E-state index in [1.807, 2.05) is 0 Å². The van der Waals surface area contributed by atoms with Gasteiger partial charge in [-0.3, -0.25) is 0 Å². The molecule has 0 amide bonds. The number of allylic oxidation sites excluding steroid dienone is 1. The van der Waals surface area contributed by atoms with Crippen molar-refractivity contribution in [3.8, 4) is 0 Å². The van der Waals surface area contributed by atoms with Crippen LogP contribution >= 0.6 is 0 Å². The number of rotatable bonds is 1. The second-order valence-corrected chi connectivity index (χ2v) is 5.56. The zero-order valence-electron chi connectivity index (χ0n) is 10.5. The average Bonchev–Trinajstić information content (AvgIpc) is 3.07. The van der Waals surface area contributed by atoms with Gasteiger partial charge in [-0.2, -0.15) is 0 Å². The second-order valence-electron chi connectivity index (χ2n) is 5.56. The molecular weight excluding hydrogens is 216 g/mol. The van der Waals surface area contributed by atoms with Crippen molar-refractivity contribution >= 4 is 16.8 Å². The zero-order chi connectivity index (χ0) is 11.9. The molecule has 1 saturated carbocycles. The Bertz CT molecular complexity index is 628. The summed E-state index contributed by atoms with van der Waals surface area (Å²) < 4.78 is 0. The van der Waals surface area contributed by atoms with Crippen LogP contribution in [0, 0.1) is 12.3 Å². The number of benzene rings is 2. The van der Waals surface area contributed by atoms with E-state index in [-0.39, 0.29) is 0 Å². The van der Waals surface area contributed by atoms with E-state index in [9.17, 15) is 0 Å². The number of hydrogen-bond acceptors (Lipinski definition) is 0. The smallest absolute Gasteiger partial charge is 0.0167 e. The van der Waals surface area contributed by atoms with Gasteiger partial charge in [0.2, 0.25) is 0 Å². The van der Waals surface area contributed by atoms with Crippen LogP contribution in [0.15, 0.2) is 42.0 Å². The van der Waals surface area contributed by atoms with Gasteiger partial charge < -0.3 is 0 Å². The van der Waals surface area contributed by atoms with Gasteiger partial charge in [0, 0.05) is 6.42 Å². The van der Waals surface area contributed by atoms with Gasteiger partial charge in [-0.25, -0.2) is 0 Å². The van der Waals surface area contributed by atoms with E-state index in [1.54, 1.807) is 5.57 Å². The van der Waals surface area contributed by atoms with Crippen molar-refractivity contribution < 1.29 is 0 Å². The number of fused-ring (bicyclic) bond motifs is 3. The highest BCUT2D eigenvalue weighted by Crippen LogP contribution is 2.41. The molecule has 0 nitrogen and oxygen atoms in total. The van der Waals surface area contributed by atoms with E-state index < -0.39 is 0 Å². The fourth-order valence-corrected chi connectivity index (χ4v) is 3.48. The van der Waals surface area contributed by atoms with Crippen LogP contribution in [0.5, 0.6) is 0 Å². The molecule has 0 aromatic heterocycles. The van der Waals surface area contributed by atoms with Crippen molar-refractivity contribution in [2.75, 3.05) is 0 Å². The lowest BCUT2D eigenvalue weighted by Crippen LogP contribution is -1.96. The summed E-state index contributed by atoms with van der Waals surface area (Å²) in [6.45, 7) is 0. The Morgan fingerprint density at radius 2 is 1.72 bits per heavy atom. The van der Waals surface area contributed by atoms with Gasteiger partial charge in [0.25, 0.3) is 0 Å². The first-order valence-electron chi connectivity index (χ1n) is 7.00. The Morgan fingerprint density at radius 1 is 0.889 bits per heavy atom. The first-order chi connectivity index (χ1) is 8.92. The normalized spacial score (nSPS) is 19.2. The fraction of sp³-hybridized carbons (Fsp3) is 0.278. The Morgan fingerprint density at radius 3 is 2.61 bits per heavy atom. The molecule has 2 aromatic rings. The van der Waals surface area contributed by atoms with E-state index in [0.717, 1.165) is 5.92 Å². The molecule has 0 N–H and O–H groups in total. The van der Waals surface area contributed by atoms with Crippen molar-refractivity contribution in [2.24, 2.45) is 5.92 Å². The molecule has 0 spiro atoms. The minimum absolute atomic E-state index is 0.816. The van der Waals surface area contributed by atoms with Gasteiger partial charge in [-0.1, -0.05) is 60.9 Å². The standard InChI is InChI=1S/C18H17/c1-2-6-13(5-1)16-11-15-10-9-14-7-3-4-8-17(14)18(15)12-16/h3-4,7-13H,1-2,5-6H2. The lowest BCUT2D eigenvalue weighted by molar-refractivity contribution is 0.656. The van der Waals surface area contributed by atoms with Crippen LogP contribution in [0.3, 0.4) is 0 Å². The van der Waals surface area contributed by atoms with Crippen LogP contribution in [-0.2, 0) is 0 Å². The maximum absolute atomic E-state index is 2.44. The molecular formula is C18H17. The monoisotopic (exact) mass is 233 g/mol. The zero-order valence-corrected chi connectivity index (χ0v) is 10.5. The molecule has 18 heavy (non-hydrogen) atoms. The van der Waals surface area contributed by atoms with E-state index in [4.69, 9.17) is 0 Å². The molecule has 0 unspecified atom stereocenters. The van der Waals surface area contributed by atoms with Crippen molar-refractivity contribution in [3.63, 3.8) is 0 Å². The Kier molecular flexibility index (Phi) is 2.29. The lowest BCUT2D eigenvalue weighted by atomic mass is 9.96. The van der Waals surface area contributed by atoms with Crippen LogP contribution < -0.4 is 0 Å². The van der Waals surface area contributed by atoms with Crippen LogP contribution in [0.1, 0.15) is 36.8 Å². The highest BCUT2D eigenvalue weighted by Gasteiger charge is 2.24. The summed E-state index contributed by atoms with van der Waals surface area (Å²) in [6.07, 6.45) is 10.4. The Balaban J connectivity index is 1.83. The summed E-state index contributed by atoms with van der Waals surface area (Å²) in [4.78, 5) is 0. The van der Waals surface area contributed by atoms with Gasteiger partial charge in [-0.05, 0) is 40.7 Å². The highest BCUT2D eigenvalue weighted by atomic mass is 14.3. The summed E-state index contributed by atoms with van der Waals surface area (Å²) >= 11 is 0. The molecule has 0 atom stereocenters. The molecule has 2 aromatic carbocycles. The molecule has 0 bridgehead atoms. The molecule has 0 heteroatoms. The van der Waals surface area contributed by atoms with Gasteiger partial charge in [0.1, 0.15) is 0 Å². The molecule has 2 aliphatic carbocycles. The van der Waals surface area contributed by atoms with E-state index in [0.29, 0.717) is 0 Å². The quantitative estimate of drug-likeness (QED) is 0.651. The van der Waals surface area contributed by atoms with E-state index in [1.165, 1.54) is 47.6 Å². The molecule has 0 aliphatic heterocycles. The molecule has 0 heterocycles. The summed E-state index contributed by atoms with van der Waals surface area (Å²) in [5, 5.41) is 2.76. The topological polar surface area (TPSA) is 0 Å². The largest absolute Gasteiger partial charge is 0.0616 e. The summed E-state index contributed by atoms with van der Waals surface area (Å²) in [6, 6.07) is 13.2. The first kappa shape index (κ1) is 10.4. The number of hydrogen-bond donors (Lipinski definition) is 0. The average molecular weight is 233 g/mol. The Hall–Kier alpha value is -1.56. The predicted molar refractivity (Wildman–Crippen MR) is 77.3 cm³/mol. The molecule has 1 radical (unpaired) electrons. The van der Waals surface area contributed by atoms with Gasteiger partial charge >= 0.3 is 0 Å². The van der Waals surface area contributed by atoms with Crippen LogP contribution in [-0.4, -0.2) is 0 Å². The lowest BCUT2D eigenvalue weighted by Gasteiger charge is -2.09. The molecule has 1 fully saturated rings. The van der Waals surface area contributed by atoms with Crippen LogP contribution in [0.4, 0.5) is 0 Å². The maximum Gasteiger partial charge on any atom is 0.0167 e. The summed E-state index contributed by atoms with van der Waals surface area (Å²) in [5.41, 5.74) is 4.42.